The number of nitrogens with zero attached hydrogens (tertiary/aromatic N) is 2. The Morgan fingerprint density at radius 3 is 2.54 bits per heavy atom. The summed E-state index contributed by atoms with van der Waals surface area (Å²) < 4.78 is 27.3. The van der Waals surface area contributed by atoms with E-state index in [0.29, 0.717) is 18.8 Å². The van der Waals surface area contributed by atoms with Crippen LogP contribution >= 0.6 is 24.0 Å². The Balaban J connectivity index is 1.97. The van der Waals surface area contributed by atoms with Gasteiger partial charge in [-0.05, 0) is 31.0 Å². The van der Waals surface area contributed by atoms with E-state index < -0.39 is 10.0 Å². The van der Waals surface area contributed by atoms with Crippen molar-refractivity contribution >= 4 is 49.9 Å². The van der Waals surface area contributed by atoms with Crippen LogP contribution in [0.5, 0.6) is 0 Å². The van der Waals surface area contributed by atoms with Gasteiger partial charge in [0.05, 0.1) is 10.6 Å². The third kappa shape index (κ3) is 5.42. The van der Waals surface area contributed by atoms with Gasteiger partial charge in [-0.25, -0.2) is 8.42 Å². The zero-order valence-corrected chi connectivity index (χ0v) is 17.6. The first kappa shape index (κ1) is 21.1. The monoisotopic (exact) mass is 415 g/mol. The SMILES string of the molecule is CCN(CC)S(=O)(=O)c1cccc(NC(=O)CSC(=S)N2CCCC2)c1. The number of thiocarbonyl (C=S) groups is 1. The second-order valence-electron chi connectivity index (χ2n) is 5.91. The highest BCUT2D eigenvalue weighted by atomic mass is 32.2. The van der Waals surface area contributed by atoms with Gasteiger partial charge >= 0.3 is 0 Å². The van der Waals surface area contributed by atoms with Crippen LogP contribution in [0.1, 0.15) is 26.7 Å². The van der Waals surface area contributed by atoms with Crippen molar-refractivity contribution in [2.45, 2.75) is 31.6 Å². The van der Waals surface area contributed by atoms with Crippen LogP contribution in [0.25, 0.3) is 0 Å². The second-order valence-corrected chi connectivity index (χ2v) is 9.46. The molecule has 1 amide bonds. The van der Waals surface area contributed by atoms with Gasteiger partial charge in [0.25, 0.3) is 0 Å². The Morgan fingerprint density at radius 1 is 1.27 bits per heavy atom. The first-order valence-electron chi connectivity index (χ1n) is 8.70. The average Bonchev–Trinajstić information content (AvgIpc) is 3.15. The first-order chi connectivity index (χ1) is 12.4. The lowest BCUT2D eigenvalue weighted by Crippen LogP contribution is -2.30. The summed E-state index contributed by atoms with van der Waals surface area (Å²) in [6.07, 6.45) is 2.28. The summed E-state index contributed by atoms with van der Waals surface area (Å²) in [7, 11) is -3.55. The van der Waals surface area contributed by atoms with E-state index in [1.807, 2.05) is 0 Å². The minimum absolute atomic E-state index is 0.180. The summed E-state index contributed by atoms with van der Waals surface area (Å²) >= 11 is 6.69. The van der Waals surface area contributed by atoms with Gasteiger partial charge in [0.2, 0.25) is 15.9 Å². The normalized spacial score (nSPS) is 14.7. The van der Waals surface area contributed by atoms with Gasteiger partial charge in [-0.1, -0.05) is 43.9 Å². The van der Waals surface area contributed by atoms with Crippen molar-refractivity contribution < 1.29 is 13.2 Å². The molecular weight excluding hydrogens is 390 g/mol. The summed E-state index contributed by atoms with van der Waals surface area (Å²) in [5.41, 5.74) is 0.468. The maximum absolute atomic E-state index is 12.6. The number of anilines is 1. The molecule has 1 aliphatic heterocycles. The van der Waals surface area contributed by atoms with Crippen LogP contribution in [0.2, 0.25) is 0 Å². The molecule has 1 heterocycles. The molecule has 1 aliphatic rings. The van der Waals surface area contributed by atoms with Crippen molar-refractivity contribution in [3.8, 4) is 0 Å². The molecule has 9 heteroatoms. The van der Waals surface area contributed by atoms with E-state index in [-0.39, 0.29) is 16.6 Å². The number of carbonyl (C=O) groups is 1. The molecular formula is C17H25N3O3S3. The maximum atomic E-state index is 12.6. The number of benzene rings is 1. The third-order valence-corrected chi connectivity index (χ3v) is 7.72. The lowest BCUT2D eigenvalue weighted by atomic mass is 10.3. The van der Waals surface area contributed by atoms with Crippen LogP contribution in [-0.2, 0) is 14.8 Å². The quantitative estimate of drug-likeness (QED) is 0.691. The topological polar surface area (TPSA) is 69.7 Å². The third-order valence-electron chi connectivity index (χ3n) is 4.15. The van der Waals surface area contributed by atoms with E-state index in [4.69, 9.17) is 12.2 Å². The number of nitrogens with one attached hydrogen (secondary N) is 1. The van der Waals surface area contributed by atoms with Gasteiger partial charge in [-0.3, -0.25) is 4.79 Å². The summed E-state index contributed by atoms with van der Waals surface area (Å²) in [4.78, 5) is 14.5. The Hall–Kier alpha value is -1.16. The molecule has 1 saturated heterocycles. The highest BCUT2D eigenvalue weighted by Crippen LogP contribution is 2.20. The highest BCUT2D eigenvalue weighted by molar-refractivity contribution is 8.23. The number of hydrogen-bond donors (Lipinski definition) is 1. The summed E-state index contributed by atoms with van der Waals surface area (Å²) in [5, 5.41) is 2.75. The molecule has 1 aromatic carbocycles. The molecule has 0 aromatic heterocycles. The van der Waals surface area contributed by atoms with Gasteiger partial charge in [0.15, 0.2) is 0 Å². The van der Waals surface area contributed by atoms with Crippen LogP contribution < -0.4 is 5.32 Å². The van der Waals surface area contributed by atoms with Crippen LogP contribution in [0.15, 0.2) is 29.2 Å². The maximum Gasteiger partial charge on any atom is 0.243 e. The largest absolute Gasteiger partial charge is 0.358 e. The molecule has 0 aliphatic carbocycles. The van der Waals surface area contributed by atoms with E-state index in [9.17, 15) is 13.2 Å². The average molecular weight is 416 g/mol. The molecule has 0 radical (unpaired) electrons. The molecule has 0 atom stereocenters. The Kier molecular flexibility index (Phi) is 7.87. The van der Waals surface area contributed by atoms with Crippen molar-refractivity contribution in [2.24, 2.45) is 0 Å². The molecule has 1 aromatic rings. The van der Waals surface area contributed by atoms with Crippen molar-refractivity contribution in [1.82, 2.24) is 9.21 Å². The minimum atomic E-state index is -3.55. The number of amides is 1. The second kappa shape index (κ2) is 9.68. The van der Waals surface area contributed by atoms with Gasteiger partial charge in [0.1, 0.15) is 4.32 Å². The van der Waals surface area contributed by atoms with E-state index in [0.717, 1.165) is 30.3 Å². The van der Waals surface area contributed by atoms with E-state index in [2.05, 4.69) is 10.2 Å². The van der Waals surface area contributed by atoms with E-state index >= 15 is 0 Å². The summed E-state index contributed by atoms with van der Waals surface area (Å²) in [6, 6.07) is 6.35. The zero-order valence-electron chi connectivity index (χ0n) is 15.1. The number of carbonyl (C=O) groups excluding carboxylic acids is 1. The smallest absolute Gasteiger partial charge is 0.243 e. The van der Waals surface area contributed by atoms with Crippen molar-refractivity contribution in [3.63, 3.8) is 0 Å². The molecule has 2 rings (SSSR count). The minimum Gasteiger partial charge on any atom is -0.358 e. The standard InChI is InChI=1S/C17H25N3O3S3/c1-3-20(4-2)26(22,23)15-9-7-8-14(12-15)18-16(21)13-25-17(24)19-10-5-6-11-19/h7-9,12H,3-6,10-11,13H2,1-2H3,(H,18,21). The van der Waals surface area contributed by atoms with Gasteiger partial charge in [0, 0.05) is 31.9 Å². The predicted molar refractivity (Wildman–Crippen MR) is 111 cm³/mol. The van der Waals surface area contributed by atoms with Crippen molar-refractivity contribution in [3.05, 3.63) is 24.3 Å². The fourth-order valence-corrected chi connectivity index (χ4v) is 5.32. The van der Waals surface area contributed by atoms with Crippen molar-refractivity contribution in [1.29, 1.82) is 0 Å². The van der Waals surface area contributed by atoms with Gasteiger partial charge in [-0.2, -0.15) is 4.31 Å². The molecule has 1 fully saturated rings. The lowest BCUT2D eigenvalue weighted by molar-refractivity contribution is -0.113. The van der Waals surface area contributed by atoms with Crippen molar-refractivity contribution in [2.75, 3.05) is 37.2 Å². The molecule has 0 unspecified atom stereocenters. The Bertz CT molecular complexity index is 743. The van der Waals surface area contributed by atoms with Gasteiger partial charge in [-0.15, -0.1) is 0 Å². The molecule has 6 nitrogen and oxygen atoms in total. The van der Waals surface area contributed by atoms with Gasteiger partial charge < -0.3 is 10.2 Å². The molecule has 1 N–H and O–H groups in total. The molecule has 0 bridgehead atoms. The van der Waals surface area contributed by atoms with Crippen LogP contribution in [0.4, 0.5) is 5.69 Å². The molecule has 0 saturated carbocycles. The fraction of sp³-hybridized carbons (Fsp3) is 0.529. The molecule has 0 spiro atoms. The number of sulfonamides is 1. The fourth-order valence-electron chi connectivity index (χ4n) is 2.76. The number of hydrogen-bond acceptors (Lipinski definition) is 5. The Morgan fingerprint density at radius 2 is 1.92 bits per heavy atom. The zero-order chi connectivity index (χ0) is 19.2. The molecule has 26 heavy (non-hydrogen) atoms. The highest BCUT2D eigenvalue weighted by Gasteiger charge is 2.22. The van der Waals surface area contributed by atoms with E-state index in [1.54, 1.807) is 32.0 Å². The summed E-state index contributed by atoms with van der Waals surface area (Å²) in [6.45, 7) is 6.32. The Labute approximate surface area is 165 Å². The van der Waals surface area contributed by atoms with E-state index in [1.165, 1.54) is 22.1 Å². The predicted octanol–water partition coefficient (Wildman–Crippen LogP) is 2.77. The van der Waals surface area contributed by atoms with Crippen LogP contribution in [0.3, 0.4) is 0 Å². The lowest BCUT2D eigenvalue weighted by Gasteiger charge is -2.19. The number of rotatable bonds is 7. The molecule has 144 valence electrons. The van der Waals surface area contributed by atoms with Crippen LogP contribution in [0, 0.1) is 0 Å². The first-order valence-corrected chi connectivity index (χ1v) is 11.5. The number of likely N-dealkylation sites (tertiary alicyclic amines) is 1. The van der Waals surface area contributed by atoms with Crippen LogP contribution in [-0.4, -0.2) is 59.8 Å². The summed E-state index contributed by atoms with van der Waals surface area (Å²) in [5.74, 6) is 0.0106. The number of thioether (sulfide) groups is 1.